The van der Waals surface area contributed by atoms with E-state index in [2.05, 4.69) is 19.8 Å². The number of carbonyl (C=O) groups is 1. The van der Waals surface area contributed by atoms with Crippen LogP contribution in [0.5, 0.6) is 5.75 Å². The number of nitrogens with zero attached hydrogens (tertiary/aromatic N) is 3. The fourth-order valence-electron chi connectivity index (χ4n) is 6.63. The summed E-state index contributed by atoms with van der Waals surface area (Å²) in [5.74, 6) is 1.83. The molecule has 2 aromatic rings. The molecular weight excluding hydrogens is 530 g/mol. The highest BCUT2D eigenvalue weighted by Crippen LogP contribution is 2.55. The predicted molar refractivity (Wildman–Crippen MR) is 152 cm³/mol. The van der Waals surface area contributed by atoms with E-state index in [9.17, 15) is 13.2 Å². The smallest absolute Gasteiger partial charge is 0.258 e. The van der Waals surface area contributed by atoms with E-state index in [-0.39, 0.29) is 24.0 Å². The van der Waals surface area contributed by atoms with E-state index in [1.54, 1.807) is 12.1 Å². The van der Waals surface area contributed by atoms with Gasteiger partial charge in [0.2, 0.25) is 10.0 Å². The maximum absolute atomic E-state index is 13.8. The number of fused-ring (bicyclic) bond motifs is 1. The Hall–Kier alpha value is -2.89. The molecule has 1 amide bonds. The first kappa shape index (κ1) is 26.0. The molecule has 40 heavy (non-hydrogen) atoms. The number of ether oxygens (including phenoxy) is 1. The number of sulfonamides is 1. The van der Waals surface area contributed by atoms with Crippen LogP contribution in [0.25, 0.3) is 0 Å². The standard InChI is InChI=1S/C29H37N5O5S/c35-15-11-30-40(37,38)21-1-2-22(23(18-21)33-12-8-28(4-5-28)9-13-33)27(36)32-24-17-20-3-16-39-25(20)26(31-24)34-14-10-29(19-34)6-7-29/h1-2,17-18,30,35H,3-16,19H2,(H,31,32,36). The molecule has 0 atom stereocenters. The molecule has 11 heteroatoms. The zero-order valence-electron chi connectivity index (χ0n) is 22.7. The minimum absolute atomic E-state index is 0.0691. The SMILES string of the molecule is O=C(Nc1cc2c(c(N3CCC4(CC4)C3)n1)OCC2)c1ccc(S(=O)(=O)NCCO)cc1N1CCC2(CC1)CC2. The first-order valence-corrected chi connectivity index (χ1v) is 16.0. The number of carbonyl (C=O) groups excluding carboxylic acids is 1. The van der Waals surface area contributed by atoms with E-state index in [4.69, 9.17) is 14.8 Å². The van der Waals surface area contributed by atoms with Crippen LogP contribution in [0.3, 0.4) is 0 Å². The number of hydrogen-bond donors (Lipinski definition) is 3. The van der Waals surface area contributed by atoms with Crippen LogP contribution < -0.4 is 24.6 Å². The molecule has 3 N–H and O–H groups in total. The van der Waals surface area contributed by atoms with Gasteiger partial charge in [-0.15, -0.1) is 0 Å². The third kappa shape index (κ3) is 4.81. The molecular formula is C29H37N5O5S. The molecule has 1 aromatic heterocycles. The number of anilines is 3. The Bertz CT molecular complexity index is 1440. The summed E-state index contributed by atoms with van der Waals surface area (Å²) in [5.41, 5.74) is 2.96. The maximum Gasteiger partial charge on any atom is 0.258 e. The molecule has 1 aromatic carbocycles. The zero-order valence-corrected chi connectivity index (χ0v) is 23.6. The number of aliphatic hydroxyl groups excluding tert-OH is 1. The number of benzene rings is 1. The van der Waals surface area contributed by atoms with Crippen LogP contribution in [0, 0.1) is 10.8 Å². The van der Waals surface area contributed by atoms with E-state index >= 15 is 0 Å². The Kier molecular flexibility index (Phi) is 6.25. The van der Waals surface area contributed by atoms with Gasteiger partial charge in [0.05, 0.1) is 29.4 Å². The summed E-state index contributed by atoms with van der Waals surface area (Å²) >= 11 is 0. The maximum atomic E-state index is 13.8. The second-order valence-corrected chi connectivity index (χ2v) is 14.1. The lowest BCUT2D eigenvalue weighted by Gasteiger charge is -2.35. The minimum Gasteiger partial charge on any atom is -0.489 e. The van der Waals surface area contributed by atoms with Gasteiger partial charge >= 0.3 is 0 Å². The first-order valence-electron chi connectivity index (χ1n) is 14.5. The van der Waals surface area contributed by atoms with Crippen LogP contribution in [0.1, 0.15) is 60.9 Å². The van der Waals surface area contributed by atoms with E-state index in [1.165, 1.54) is 38.2 Å². The largest absolute Gasteiger partial charge is 0.489 e. The second kappa shape index (κ2) is 9.60. The van der Waals surface area contributed by atoms with E-state index in [0.29, 0.717) is 34.5 Å². The van der Waals surface area contributed by atoms with Gasteiger partial charge in [-0.2, -0.15) is 0 Å². The molecule has 4 heterocycles. The Labute approximate surface area is 235 Å². The van der Waals surface area contributed by atoms with Crippen molar-refractivity contribution in [2.24, 2.45) is 10.8 Å². The lowest BCUT2D eigenvalue weighted by atomic mass is 9.93. The first-order chi connectivity index (χ1) is 19.3. The van der Waals surface area contributed by atoms with Crippen molar-refractivity contribution in [1.82, 2.24) is 9.71 Å². The van der Waals surface area contributed by atoms with Crippen LogP contribution in [-0.2, 0) is 16.4 Å². The number of aliphatic hydroxyl groups is 1. The Morgan fingerprint density at radius 3 is 2.42 bits per heavy atom. The lowest BCUT2D eigenvalue weighted by Crippen LogP contribution is -2.36. The summed E-state index contributed by atoms with van der Waals surface area (Å²) in [6.45, 7) is 3.74. The van der Waals surface area contributed by atoms with Crippen molar-refractivity contribution in [3.8, 4) is 5.75 Å². The predicted octanol–water partition coefficient (Wildman–Crippen LogP) is 2.91. The monoisotopic (exact) mass is 567 g/mol. The molecule has 0 radical (unpaired) electrons. The van der Waals surface area contributed by atoms with E-state index < -0.39 is 10.0 Å². The average molecular weight is 568 g/mol. The number of hydrogen-bond acceptors (Lipinski definition) is 8. The van der Waals surface area contributed by atoms with E-state index in [1.807, 2.05) is 6.07 Å². The zero-order chi connectivity index (χ0) is 27.5. The fraction of sp³-hybridized carbons (Fsp3) is 0.586. The summed E-state index contributed by atoms with van der Waals surface area (Å²) < 4.78 is 34.1. The third-order valence-electron chi connectivity index (χ3n) is 9.64. The number of amides is 1. The average Bonchev–Trinajstić information content (AvgIpc) is 3.78. The van der Waals surface area contributed by atoms with Crippen LogP contribution in [0.15, 0.2) is 29.2 Å². The van der Waals surface area contributed by atoms with Crippen molar-refractivity contribution in [2.75, 3.05) is 61.1 Å². The molecule has 3 aliphatic heterocycles. The quantitative estimate of drug-likeness (QED) is 0.445. The van der Waals surface area contributed by atoms with Gasteiger partial charge < -0.3 is 25.0 Å². The third-order valence-corrected chi connectivity index (χ3v) is 11.1. The van der Waals surface area contributed by atoms with E-state index in [0.717, 1.165) is 62.6 Å². The van der Waals surface area contributed by atoms with Crippen molar-refractivity contribution in [3.05, 3.63) is 35.4 Å². The van der Waals surface area contributed by atoms with Gasteiger partial charge in [0.1, 0.15) is 5.82 Å². The van der Waals surface area contributed by atoms with Gasteiger partial charge in [-0.05, 0) is 80.0 Å². The highest BCUT2D eigenvalue weighted by Gasteiger charge is 2.49. The molecule has 0 bridgehead atoms. The molecule has 5 aliphatic rings. The van der Waals surface area contributed by atoms with Gasteiger partial charge in [-0.3, -0.25) is 4.79 Å². The molecule has 7 rings (SSSR count). The molecule has 2 saturated carbocycles. The number of nitrogens with one attached hydrogen (secondary N) is 2. The van der Waals surface area contributed by atoms with Crippen LogP contribution in [0.4, 0.5) is 17.3 Å². The van der Waals surface area contributed by atoms with Crippen LogP contribution in [-0.4, -0.2) is 70.4 Å². The van der Waals surface area contributed by atoms with Crippen molar-refractivity contribution in [1.29, 1.82) is 0 Å². The lowest BCUT2D eigenvalue weighted by molar-refractivity contribution is 0.102. The molecule has 214 valence electrons. The molecule has 4 fully saturated rings. The van der Waals surface area contributed by atoms with Crippen molar-refractivity contribution < 1.29 is 23.1 Å². The fourth-order valence-corrected chi connectivity index (χ4v) is 7.68. The summed E-state index contributed by atoms with van der Waals surface area (Å²) in [6, 6.07) is 6.55. The Morgan fingerprint density at radius 2 is 1.73 bits per heavy atom. The number of rotatable bonds is 8. The number of aromatic nitrogens is 1. The van der Waals surface area contributed by atoms with Crippen molar-refractivity contribution in [2.45, 2.75) is 56.3 Å². The summed E-state index contributed by atoms with van der Waals surface area (Å²) in [6.07, 6.45) is 9.07. The molecule has 2 saturated heterocycles. The van der Waals surface area contributed by atoms with Gasteiger partial charge in [0, 0.05) is 44.7 Å². The molecule has 10 nitrogen and oxygen atoms in total. The van der Waals surface area contributed by atoms with Crippen LogP contribution >= 0.6 is 0 Å². The number of pyridine rings is 1. The number of piperidine rings is 1. The highest BCUT2D eigenvalue weighted by molar-refractivity contribution is 7.89. The van der Waals surface area contributed by atoms with Gasteiger partial charge in [0.25, 0.3) is 5.91 Å². The Balaban J connectivity index is 1.19. The normalized spacial score (nSPS) is 21.9. The minimum atomic E-state index is -3.82. The molecule has 0 unspecified atom stereocenters. The van der Waals surface area contributed by atoms with Gasteiger partial charge in [-0.1, -0.05) is 0 Å². The topological polar surface area (TPSA) is 124 Å². The summed E-state index contributed by atoms with van der Waals surface area (Å²) in [5, 5.41) is 12.1. The summed E-state index contributed by atoms with van der Waals surface area (Å²) in [4.78, 5) is 23.2. The van der Waals surface area contributed by atoms with Crippen molar-refractivity contribution >= 4 is 33.3 Å². The Morgan fingerprint density at radius 1 is 1.00 bits per heavy atom. The highest BCUT2D eigenvalue weighted by atomic mass is 32.2. The molecule has 2 aliphatic carbocycles. The van der Waals surface area contributed by atoms with Gasteiger partial charge in [0.15, 0.2) is 11.6 Å². The molecule has 2 spiro atoms. The van der Waals surface area contributed by atoms with Crippen LogP contribution in [0.2, 0.25) is 0 Å². The second-order valence-electron chi connectivity index (χ2n) is 12.3. The van der Waals surface area contributed by atoms with Crippen molar-refractivity contribution in [3.63, 3.8) is 0 Å². The summed E-state index contributed by atoms with van der Waals surface area (Å²) in [7, 11) is -3.82. The van der Waals surface area contributed by atoms with Gasteiger partial charge in [-0.25, -0.2) is 18.1 Å².